The molecule has 3 rings (SSSR count). The van der Waals surface area contributed by atoms with E-state index in [9.17, 15) is 18.0 Å². The SMILES string of the molecule is Cc1ccc(NC(=O)C(=O)NCCC2CCCCN2S(=O)(=O)c2ccc(Cl)cc2)cc1C. The van der Waals surface area contributed by atoms with Crippen molar-refractivity contribution in [3.8, 4) is 0 Å². The maximum Gasteiger partial charge on any atom is 0.313 e. The van der Waals surface area contributed by atoms with Gasteiger partial charge in [-0.1, -0.05) is 24.1 Å². The Bertz CT molecular complexity index is 1090. The maximum absolute atomic E-state index is 13.1. The number of amides is 2. The molecule has 1 saturated heterocycles. The molecule has 0 bridgehead atoms. The minimum Gasteiger partial charge on any atom is -0.348 e. The van der Waals surface area contributed by atoms with Crippen molar-refractivity contribution in [3.63, 3.8) is 0 Å². The van der Waals surface area contributed by atoms with Crippen LogP contribution in [0.5, 0.6) is 0 Å². The molecular weight excluding hydrogens is 450 g/mol. The van der Waals surface area contributed by atoms with Gasteiger partial charge in [-0.3, -0.25) is 9.59 Å². The number of hydrogen-bond donors (Lipinski definition) is 2. The summed E-state index contributed by atoms with van der Waals surface area (Å²) in [5.41, 5.74) is 2.67. The molecule has 1 aliphatic rings. The van der Waals surface area contributed by atoms with Crippen LogP contribution in [-0.4, -0.2) is 43.7 Å². The van der Waals surface area contributed by atoms with Crippen LogP contribution < -0.4 is 10.6 Å². The lowest BCUT2D eigenvalue weighted by Crippen LogP contribution is -2.45. The first-order valence-corrected chi connectivity index (χ1v) is 12.4. The van der Waals surface area contributed by atoms with Crippen LogP contribution in [0.1, 0.15) is 36.8 Å². The van der Waals surface area contributed by atoms with Gasteiger partial charge in [0.25, 0.3) is 0 Å². The molecule has 7 nitrogen and oxygen atoms in total. The molecule has 2 amide bonds. The summed E-state index contributed by atoms with van der Waals surface area (Å²) in [5, 5.41) is 5.67. The number of nitrogens with one attached hydrogen (secondary N) is 2. The molecule has 0 saturated carbocycles. The van der Waals surface area contributed by atoms with E-state index in [-0.39, 0.29) is 17.5 Å². The number of carbonyl (C=O) groups is 2. The zero-order valence-electron chi connectivity index (χ0n) is 18.2. The van der Waals surface area contributed by atoms with E-state index in [4.69, 9.17) is 11.6 Å². The smallest absolute Gasteiger partial charge is 0.313 e. The highest BCUT2D eigenvalue weighted by atomic mass is 35.5. The summed E-state index contributed by atoms with van der Waals surface area (Å²) < 4.78 is 27.7. The number of sulfonamides is 1. The second kappa shape index (κ2) is 10.5. The Morgan fingerprint density at radius 3 is 2.44 bits per heavy atom. The zero-order valence-corrected chi connectivity index (χ0v) is 19.8. The Hall–Kier alpha value is -2.42. The van der Waals surface area contributed by atoms with Gasteiger partial charge in [-0.05, 0) is 80.6 Å². The van der Waals surface area contributed by atoms with E-state index < -0.39 is 21.8 Å². The highest BCUT2D eigenvalue weighted by Gasteiger charge is 2.33. The normalized spacial score (nSPS) is 17.0. The fraction of sp³-hybridized carbons (Fsp3) is 0.391. The van der Waals surface area contributed by atoms with Gasteiger partial charge in [0.2, 0.25) is 10.0 Å². The number of piperidine rings is 1. The van der Waals surface area contributed by atoms with Gasteiger partial charge in [0.05, 0.1) is 4.90 Å². The van der Waals surface area contributed by atoms with Gasteiger partial charge in [-0.2, -0.15) is 4.31 Å². The molecule has 0 radical (unpaired) electrons. The summed E-state index contributed by atoms with van der Waals surface area (Å²) in [7, 11) is -3.66. The Morgan fingerprint density at radius 2 is 1.75 bits per heavy atom. The third-order valence-electron chi connectivity index (χ3n) is 5.73. The fourth-order valence-electron chi connectivity index (χ4n) is 3.76. The van der Waals surface area contributed by atoms with E-state index in [1.54, 1.807) is 18.2 Å². The van der Waals surface area contributed by atoms with Crippen LogP contribution in [0.25, 0.3) is 0 Å². The average molecular weight is 478 g/mol. The van der Waals surface area contributed by atoms with Crippen molar-refractivity contribution in [2.45, 2.75) is 50.5 Å². The van der Waals surface area contributed by atoms with E-state index in [2.05, 4.69) is 10.6 Å². The molecule has 0 spiro atoms. The Morgan fingerprint density at radius 1 is 1.03 bits per heavy atom. The first kappa shape index (κ1) is 24.2. The van der Waals surface area contributed by atoms with Crippen LogP contribution in [0.4, 0.5) is 5.69 Å². The Balaban J connectivity index is 1.57. The van der Waals surface area contributed by atoms with Gasteiger partial charge in [-0.25, -0.2) is 8.42 Å². The third kappa shape index (κ3) is 5.88. The summed E-state index contributed by atoms with van der Waals surface area (Å²) in [6.07, 6.45) is 2.83. The molecule has 32 heavy (non-hydrogen) atoms. The highest BCUT2D eigenvalue weighted by Crippen LogP contribution is 2.27. The molecule has 2 aromatic carbocycles. The molecule has 2 N–H and O–H groups in total. The van der Waals surface area contributed by atoms with Crippen molar-refractivity contribution in [1.82, 2.24) is 9.62 Å². The van der Waals surface area contributed by atoms with Crippen molar-refractivity contribution in [3.05, 3.63) is 58.6 Å². The fourth-order valence-corrected chi connectivity index (χ4v) is 5.61. The second-order valence-corrected chi connectivity index (χ2v) is 10.3. The molecule has 1 heterocycles. The molecule has 1 unspecified atom stereocenters. The average Bonchev–Trinajstić information content (AvgIpc) is 2.76. The number of nitrogens with zero attached hydrogens (tertiary/aromatic N) is 1. The van der Waals surface area contributed by atoms with E-state index in [1.165, 1.54) is 16.4 Å². The summed E-state index contributed by atoms with van der Waals surface area (Å²) in [5.74, 6) is -1.49. The number of aryl methyl sites for hydroxylation is 2. The predicted molar refractivity (Wildman–Crippen MR) is 125 cm³/mol. The quantitative estimate of drug-likeness (QED) is 0.621. The third-order valence-corrected chi connectivity index (χ3v) is 7.95. The number of anilines is 1. The number of rotatable bonds is 6. The predicted octanol–water partition coefficient (Wildman–Crippen LogP) is 3.65. The van der Waals surface area contributed by atoms with Gasteiger partial charge in [0.15, 0.2) is 0 Å². The number of halogens is 1. The van der Waals surface area contributed by atoms with Crippen molar-refractivity contribution in [1.29, 1.82) is 0 Å². The van der Waals surface area contributed by atoms with Gasteiger partial charge < -0.3 is 10.6 Å². The van der Waals surface area contributed by atoms with Gasteiger partial charge >= 0.3 is 11.8 Å². The lowest BCUT2D eigenvalue weighted by molar-refractivity contribution is -0.136. The van der Waals surface area contributed by atoms with Crippen LogP contribution in [0.2, 0.25) is 5.02 Å². The van der Waals surface area contributed by atoms with Crippen LogP contribution >= 0.6 is 11.6 Å². The molecule has 0 aromatic heterocycles. The first-order valence-electron chi connectivity index (χ1n) is 10.6. The molecular formula is C23H28ClN3O4S. The van der Waals surface area contributed by atoms with Crippen LogP contribution in [-0.2, 0) is 19.6 Å². The monoisotopic (exact) mass is 477 g/mol. The standard InChI is InChI=1S/C23H28ClN3O4S/c1-16-6-9-19(15-17(16)2)26-23(29)22(28)25-13-12-20-5-3-4-14-27(20)32(30,31)21-10-7-18(24)8-11-21/h6-11,15,20H,3-5,12-14H2,1-2H3,(H,25,28)(H,26,29). The van der Waals surface area contributed by atoms with Crippen LogP contribution in [0.15, 0.2) is 47.4 Å². The molecule has 2 aromatic rings. The lowest BCUT2D eigenvalue weighted by Gasteiger charge is -2.34. The van der Waals surface area contributed by atoms with Gasteiger partial charge in [0.1, 0.15) is 0 Å². The molecule has 1 aliphatic heterocycles. The van der Waals surface area contributed by atoms with E-state index in [0.717, 1.165) is 24.0 Å². The first-order chi connectivity index (χ1) is 15.2. The van der Waals surface area contributed by atoms with Crippen molar-refractivity contribution in [2.24, 2.45) is 0 Å². The maximum atomic E-state index is 13.1. The van der Waals surface area contributed by atoms with E-state index >= 15 is 0 Å². The zero-order chi connectivity index (χ0) is 23.3. The number of benzene rings is 2. The molecule has 1 fully saturated rings. The summed E-state index contributed by atoms with van der Waals surface area (Å²) in [4.78, 5) is 24.6. The molecule has 0 aliphatic carbocycles. The van der Waals surface area contributed by atoms with Gasteiger partial charge in [0, 0.05) is 29.8 Å². The highest BCUT2D eigenvalue weighted by molar-refractivity contribution is 7.89. The second-order valence-electron chi connectivity index (χ2n) is 8.02. The van der Waals surface area contributed by atoms with Crippen LogP contribution in [0, 0.1) is 13.8 Å². The van der Waals surface area contributed by atoms with E-state index in [0.29, 0.717) is 30.1 Å². The topological polar surface area (TPSA) is 95.6 Å². The Labute approximate surface area is 194 Å². The minimum absolute atomic E-state index is 0.200. The number of carbonyl (C=O) groups excluding carboxylic acids is 2. The van der Waals surface area contributed by atoms with Crippen molar-refractivity contribution in [2.75, 3.05) is 18.4 Å². The van der Waals surface area contributed by atoms with Gasteiger partial charge in [-0.15, -0.1) is 0 Å². The molecule has 1 atom stereocenters. The largest absolute Gasteiger partial charge is 0.348 e. The van der Waals surface area contributed by atoms with Crippen molar-refractivity contribution >= 4 is 39.1 Å². The summed E-state index contributed by atoms with van der Waals surface area (Å²) >= 11 is 5.88. The summed E-state index contributed by atoms with van der Waals surface area (Å²) in [6.45, 7) is 4.53. The lowest BCUT2D eigenvalue weighted by atomic mass is 10.0. The van der Waals surface area contributed by atoms with E-state index in [1.807, 2.05) is 26.0 Å². The van der Waals surface area contributed by atoms with Crippen molar-refractivity contribution < 1.29 is 18.0 Å². The Kier molecular flexibility index (Phi) is 7.92. The molecule has 172 valence electrons. The minimum atomic E-state index is -3.66. The molecule has 9 heteroatoms. The number of hydrogen-bond acceptors (Lipinski definition) is 4. The van der Waals surface area contributed by atoms with Crippen LogP contribution in [0.3, 0.4) is 0 Å². The summed E-state index contributed by atoms with van der Waals surface area (Å²) in [6, 6.07) is 11.3.